The van der Waals surface area contributed by atoms with Gasteiger partial charge in [0, 0.05) is 31.3 Å². The van der Waals surface area contributed by atoms with E-state index >= 15 is 0 Å². The van der Waals surface area contributed by atoms with E-state index in [1.54, 1.807) is 0 Å². The van der Waals surface area contributed by atoms with Crippen molar-refractivity contribution in [3.63, 3.8) is 0 Å². The van der Waals surface area contributed by atoms with Crippen LogP contribution in [0.3, 0.4) is 0 Å². The normalized spacial score (nSPS) is 16.9. The third-order valence-corrected chi connectivity index (χ3v) is 5.23. The van der Waals surface area contributed by atoms with E-state index in [1.165, 1.54) is 12.1 Å². The average molecular weight is 344 g/mol. The SMILES string of the molecule is NC/C(=C\F)COc1ccc(S(=O)(=O)N2CC(C(N)=O)C2)cn1. The molecular formula is C13H17FN4O4S. The fourth-order valence-corrected chi connectivity index (χ4v) is 3.35. The van der Waals surface area contributed by atoms with Gasteiger partial charge in [0.15, 0.2) is 0 Å². The summed E-state index contributed by atoms with van der Waals surface area (Å²) in [6.07, 6.45) is 1.50. The first-order chi connectivity index (χ1) is 10.9. The van der Waals surface area contributed by atoms with Gasteiger partial charge in [-0.25, -0.2) is 17.8 Å². The quantitative estimate of drug-likeness (QED) is 0.678. The summed E-state index contributed by atoms with van der Waals surface area (Å²) in [7, 11) is -3.71. The molecule has 1 fully saturated rings. The first kappa shape index (κ1) is 17.3. The molecule has 126 valence electrons. The number of carbonyl (C=O) groups is 1. The van der Waals surface area contributed by atoms with Crippen LogP contribution in [0.4, 0.5) is 4.39 Å². The second kappa shape index (κ2) is 7.02. The molecule has 0 unspecified atom stereocenters. The van der Waals surface area contributed by atoms with Gasteiger partial charge in [0.05, 0.1) is 18.4 Å². The Balaban J connectivity index is 2.00. The Bertz CT molecular complexity index is 699. The van der Waals surface area contributed by atoms with E-state index < -0.39 is 21.8 Å². The van der Waals surface area contributed by atoms with Crippen molar-refractivity contribution in [2.45, 2.75) is 4.90 Å². The van der Waals surface area contributed by atoms with Crippen LogP contribution in [-0.4, -0.2) is 49.9 Å². The molecule has 2 rings (SSSR count). The number of sulfonamides is 1. The molecule has 0 aliphatic carbocycles. The largest absolute Gasteiger partial charge is 0.473 e. The predicted octanol–water partition coefficient (Wildman–Crippen LogP) is -0.622. The van der Waals surface area contributed by atoms with E-state index in [2.05, 4.69) is 4.98 Å². The molecule has 10 heteroatoms. The molecule has 4 N–H and O–H groups in total. The number of halogens is 1. The number of pyridine rings is 1. The summed E-state index contributed by atoms with van der Waals surface area (Å²) in [5.74, 6) is -0.826. The minimum atomic E-state index is -3.71. The molecule has 8 nitrogen and oxygen atoms in total. The third kappa shape index (κ3) is 3.84. The van der Waals surface area contributed by atoms with Crippen molar-refractivity contribution >= 4 is 15.9 Å². The number of nitrogens with two attached hydrogens (primary N) is 2. The number of carbonyl (C=O) groups excluding carboxylic acids is 1. The highest BCUT2D eigenvalue weighted by Crippen LogP contribution is 2.25. The van der Waals surface area contributed by atoms with Gasteiger partial charge in [-0.3, -0.25) is 4.79 Å². The number of rotatable bonds is 7. The van der Waals surface area contributed by atoms with Gasteiger partial charge >= 0.3 is 0 Å². The molecule has 0 spiro atoms. The lowest BCUT2D eigenvalue weighted by Crippen LogP contribution is -2.54. The molecule has 23 heavy (non-hydrogen) atoms. The van der Waals surface area contributed by atoms with Crippen LogP contribution in [-0.2, 0) is 14.8 Å². The Kier molecular flexibility index (Phi) is 5.29. The highest BCUT2D eigenvalue weighted by Gasteiger charge is 2.39. The smallest absolute Gasteiger partial charge is 0.244 e. The number of hydrogen-bond donors (Lipinski definition) is 2. The van der Waals surface area contributed by atoms with Crippen LogP contribution in [0.15, 0.2) is 35.1 Å². The standard InChI is InChI=1S/C13H17FN4O4S/c14-3-9(4-15)8-22-12-2-1-11(5-17-12)23(20,21)18-6-10(7-18)13(16)19/h1-3,5,10H,4,6-8,15H2,(H2,16,19)/b9-3+. The summed E-state index contributed by atoms with van der Waals surface area (Å²) in [5.41, 5.74) is 10.7. The molecule has 1 aromatic rings. The number of nitrogens with zero attached hydrogens (tertiary/aromatic N) is 2. The van der Waals surface area contributed by atoms with Gasteiger partial charge in [-0.1, -0.05) is 0 Å². The van der Waals surface area contributed by atoms with Crippen molar-refractivity contribution in [1.82, 2.24) is 9.29 Å². The van der Waals surface area contributed by atoms with Gasteiger partial charge in [0.1, 0.15) is 11.5 Å². The van der Waals surface area contributed by atoms with Crippen molar-refractivity contribution in [1.29, 1.82) is 0 Å². The summed E-state index contributed by atoms with van der Waals surface area (Å²) < 4.78 is 43.2. The van der Waals surface area contributed by atoms with E-state index in [0.29, 0.717) is 6.33 Å². The average Bonchev–Trinajstić information content (AvgIpc) is 2.46. The minimum Gasteiger partial charge on any atom is -0.473 e. The monoisotopic (exact) mass is 344 g/mol. The number of primary amides is 1. The van der Waals surface area contributed by atoms with Crippen molar-refractivity contribution in [2.24, 2.45) is 17.4 Å². The molecule has 1 aliphatic heterocycles. The Morgan fingerprint density at radius 2 is 2.17 bits per heavy atom. The first-order valence-electron chi connectivity index (χ1n) is 6.75. The maximum absolute atomic E-state index is 12.3. The molecule has 1 saturated heterocycles. The summed E-state index contributed by atoms with van der Waals surface area (Å²) in [6.45, 7) is 0.0750. The zero-order valence-electron chi connectivity index (χ0n) is 12.2. The second-order valence-electron chi connectivity index (χ2n) is 5.01. The molecule has 0 bridgehead atoms. The highest BCUT2D eigenvalue weighted by molar-refractivity contribution is 7.89. The fourth-order valence-electron chi connectivity index (χ4n) is 1.87. The number of ether oxygens (including phenoxy) is 1. The summed E-state index contributed by atoms with van der Waals surface area (Å²) in [4.78, 5) is 14.8. The molecule has 1 aliphatic rings. The van der Waals surface area contributed by atoms with E-state index in [9.17, 15) is 17.6 Å². The lowest BCUT2D eigenvalue weighted by Gasteiger charge is -2.35. The van der Waals surface area contributed by atoms with Gasteiger partial charge in [-0.05, 0) is 6.07 Å². The van der Waals surface area contributed by atoms with Gasteiger partial charge in [-0.2, -0.15) is 4.31 Å². The number of aromatic nitrogens is 1. The number of amides is 1. The van der Waals surface area contributed by atoms with E-state index in [4.69, 9.17) is 16.2 Å². The molecule has 0 atom stereocenters. The van der Waals surface area contributed by atoms with Crippen molar-refractivity contribution in [3.05, 3.63) is 30.2 Å². The van der Waals surface area contributed by atoms with Gasteiger partial charge in [0.25, 0.3) is 0 Å². The molecule has 1 aromatic heterocycles. The van der Waals surface area contributed by atoms with E-state index in [-0.39, 0.29) is 42.6 Å². The molecule has 0 saturated carbocycles. The van der Waals surface area contributed by atoms with Crippen molar-refractivity contribution < 1.29 is 22.3 Å². The highest BCUT2D eigenvalue weighted by atomic mass is 32.2. The fraction of sp³-hybridized carbons (Fsp3) is 0.385. The van der Waals surface area contributed by atoms with Crippen LogP contribution in [0.2, 0.25) is 0 Å². The summed E-state index contributed by atoms with van der Waals surface area (Å²) >= 11 is 0. The van der Waals surface area contributed by atoms with E-state index in [0.717, 1.165) is 10.5 Å². The van der Waals surface area contributed by atoms with Crippen LogP contribution in [0.1, 0.15) is 0 Å². The van der Waals surface area contributed by atoms with E-state index in [1.807, 2.05) is 0 Å². The van der Waals surface area contributed by atoms with Gasteiger partial charge in [-0.15, -0.1) is 0 Å². The minimum absolute atomic E-state index is 0.0128. The maximum Gasteiger partial charge on any atom is 0.244 e. The summed E-state index contributed by atoms with van der Waals surface area (Å²) in [5, 5.41) is 0. The Morgan fingerprint density at radius 1 is 1.48 bits per heavy atom. The molecule has 2 heterocycles. The predicted molar refractivity (Wildman–Crippen MR) is 79.4 cm³/mol. The molecular weight excluding hydrogens is 327 g/mol. The summed E-state index contributed by atoms with van der Waals surface area (Å²) in [6, 6.07) is 2.70. The number of hydrogen-bond acceptors (Lipinski definition) is 6. The van der Waals surface area contributed by atoms with Crippen molar-refractivity contribution in [2.75, 3.05) is 26.2 Å². The second-order valence-corrected chi connectivity index (χ2v) is 6.95. The zero-order chi connectivity index (χ0) is 17.0. The first-order valence-corrected chi connectivity index (χ1v) is 8.19. The van der Waals surface area contributed by atoms with Gasteiger partial charge < -0.3 is 16.2 Å². The lowest BCUT2D eigenvalue weighted by molar-refractivity contribution is -0.124. The Morgan fingerprint density at radius 3 is 2.65 bits per heavy atom. The molecule has 1 amide bonds. The van der Waals surface area contributed by atoms with Crippen LogP contribution in [0, 0.1) is 5.92 Å². The lowest BCUT2D eigenvalue weighted by atomic mass is 10.0. The zero-order valence-corrected chi connectivity index (χ0v) is 13.0. The third-order valence-electron chi connectivity index (χ3n) is 3.42. The van der Waals surface area contributed by atoms with Crippen LogP contribution in [0.5, 0.6) is 5.88 Å². The van der Waals surface area contributed by atoms with Crippen molar-refractivity contribution in [3.8, 4) is 5.88 Å². The molecule has 0 radical (unpaired) electrons. The Hall–Kier alpha value is -2.04. The molecule has 0 aromatic carbocycles. The Labute approximate surface area is 133 Å². The maximum atomic E-state index is 12.3. The van der Waals surface area contributed by atoms with Gasteiger partial charge in [0.2, 0.25) is 21.8 Å². The van der Waals surface area contributed by atoms with Crippen LogP contribution < -0.4 is 16.2 Å². The van der Waals surface area contributed by atoms with Crippen LogP contribution >= 0.6 is 0 Å². The topological polar surface area (TPSA) is 129 Å². The van der Waals surface area contributed by atoms with Crippen LogP contribution in [0.25, 0.3) is 0 Å².